The molecule has 0 aliphatic carbocycles. The van der Waals surface area contributed by atoms with Crippen molar-refractivity contribution >= 4 is 65.5 Å². The fourth-order valence-electron chi connectivity index (χ4n) is 6.39. The smallest absolute Gasteiger partial charge is 0.307 e. The Morgan fingerprint density at radius 3 is 1.82 bits per heavy atom. The van der Waals surface area contributed by atoms with E-state index in [1.54, 1.807) is 0 Å². The summed E-state index contributed by atoms with van der Waals surface area (Å²) < 4.78 is 11.0. The first-order valence-electron chi connectivity index (χ1n) is 13.2. The summed E-state index contributed by atoms with van der Waals surface area (Å²) in [7, 11) is 0. The molecule has 0 N–H and O–H groups in total. The third-order valence-electron chi connectivity index (χ3n) is 7.93. The first kappa shape index (κ1) is 20.7. The van der Waals surface area contributed by atoms with Gasteiger partial charge in [-0.25, -0.2) is 0 Å². The quantitative estimate of drug-likeness (QED) is 0.238. The second kappa shape index (κ2) is 7.59. The molecule has 4 nitrogen and oxygen atoms in total. The van der Waals surface area contributed by atoms with Gasteiger partial charge in [-0.3, -0.25) is 4.57 Å². The molecule has 3 heterocycles. The first-order valence-corrected chi connectivity index (χ1v) is 13.2. The number of benzene rings is 6. The number of hydrogen-bond acceptors (Lipinski definition) is 2. The van der Waals surface area contributed by atoms with Crippen LogP contribution in [0.4, 0.5) is 0 Å². The molecule has 3 aromatic heterocycles. The summed E-state index contributed by atoms with van der Waals surface area (Å²) in [6.07, 6.45) is 0. The average molecular weight is 500 g/mol. The Hall–Kier alpha value is -5.35. The number of fused-ring (bicyclic) bond motifs is 11. The Bertz CT molecular complexity index is 2360. The van der Waals surface area contributed by atoms with Crippen LogP contribution in [0.15, 0.2) is 132 Å². The van der Waals surface area contributed by atoms with Gasteiger partial charge in [-0.05, 0) is 41.8 Å². The lowest BCUT2D eigenvalue weighted by Gasteiger charge is -2.11. The van der Waals surface area contributed by atoms with E-state index in [0.717, 1.165) is 27.8 Å². The Balaban J connectivity index is 1.62. The summed E-state index contributed by atoms with van der Waals surface area (Å²) in [5.41, 5.74) is 7.33. The van der Waals surface area contributed by atoms with Crippen molar-refractivity contribution in [3.63, 3.8) is 0 Å². The summed E-state index contributed by atoms with van der Waals surface area (Å²) in [5, 5.41) is 7.26. The van der Waals surface area contributed by atoms with Gasteiger partial charge < -0.3 is 8.98 Å². The molecule has 0 amide bonds. The molecule has 9 aromatic rings. The molecule has 4 heteroatoms. The molecule has 0 saturated carbocycles. The van der Waals surface area contributed by atoms with Gasteiger partial charge in [0, 0.05) is 32.6 Å². The highest BCUT2D eigenvalue weighted by atomic mass is 16.4. The van der Waals surface area contributed by atoms with Crippen molar-refractivity contribution in [3.8, 4) is 11.7 Å². The fraction of sp³-hybridized carbons (Fsp3) is 0. The van der Waals surface area contributed by atoms with Gasteiger partial charge in [0.15, 0.2) is 5.58 Å². The van der Waals surface area contributed by atoms with Gasteiger partial charge in [0.05, 0.1) is 22.1 Å². The largest absolute Gasteiger partial charge is 0.423 e. The Morgan fingerprint density at radius 1 is 0.462 bits per heavy atom. The predicted octanol–water partition coefficient (Wildman–Crippen LogP) is 9.18. The molecule has 0 aliphatic rings. The number of para-hydroxylation sites is 5. The van der Waals surface area contributed by atoms with Crippen LogP contribution in [0.25, 0.3) is 77.2 Å². The molecule has 182 valence electrons. The SMILES string of the molecule is c1ccc(-n2c3ccccc3c3c4ccccc4c4c(c5ccccc5n4-c4nc5ccccc5o4)c32)cc1. The molecule has 0 unspecified atom stereocenters. The number of hydrogen-bond donors (Lipinski definition) is 0. The zero-order valence-corrected chi connectivity index (χ0v) is 20.9. The van der Waals surface area contributed by atoms with Crippen molar-refractivity contribution in [1.82, 2.24) is 14.1 Å². The van der Waals surface area contributed by atoms with Crippen molar-refractivity contribution in [2.24, 2.45) is 0 Å². The van der Waals surface area contributed by atoms with Crippen LogP contribution in [0.3, 0.4) is 0 Å². The average Bonchev–Trinajstić information content (AvgIpc) is 3.67. The molecule has 0 spiro atoms. The van der Waals surface area contributed by atoms with E-state index >= 15 is 0 Å². The molecule has 0 radical (unpaired) electrons. The molecule has 6 aromatic carbocycles. The van der Waals surface area contributed by atoms with Gasteiger partial charge in [0.25, 0.3) is 0 Å². The second-order valence-corrected chi connectivity index (χ2v) is 10.00. The third-order valence-corrected chi connectivity index (χ3v) is 7.93. The lowest BCUT2D eigenvalue weighted by molar-refractivity contribution is 0.574. The summed E-state index contributed by atoms with van der Waals surface area (Å²) in [6.45, 7) is 0. The number of rotatable bonds is 2. The fourth-order valence-corrected chi connectivity index (χ4v) is 6.39. The minimum Gasteiger partial charge on any atom is -0.423 e. The Morgan fingerprint density at radius 2 is 1.05 bits per heavy atom. The van der Waals surface area contributed by atoms with Crippen LogP contribution >= 0.6 is 0 Å². The maximum atomic E-state index is 6.41. The summed E-state index contributed by atoms with van der Waals surface area (Å²) in [4.78, 5) is 4.96. The van der Waals surface area contributed by atoms with Crippen molar-refractivity contribution < 1.29 is 4.42 Å². The highest BCUT2D eigenvalue weighted by Crippen LogP contribution is 2.46. The molecule has 39 heavy (non-hydrogen) atoms. The molecular weight excluding hydrogens is 478 g/mol. The maximum Gasteiger partial charge on any atom is 0.307 e. The van der Waals surface area contributed by atoms with Gasteiger partial charge in [-0.1, -0.05) is 91.0 Å². The van der Waals surface area contributed by atoms with Gasteiger partial charge in [-0.2, -0.15) is 4.98 Å². The van der Waals surface area contributed by atoms with Crippen LogP contribution in [0.1, 0.15) is 0 Å². The zero-order valence-electron chi connectivity index (χ0n) is 20.9. The Kier molecular flexibility index (Phi) is 4.02. The molecule has 0 bridgehead atoms. The van der Waals surface area contributed by atoms with Crippen LogP contribution in [-0.2, 0) is 0 Å². The van der Waals surface area contributed by atoms with Crippen LogP contribution in [0.5, 0.6) is 0 Å². The number of oxazole rings is 1. The van der Waals surface area contributed by atoms with Gasteiger partial charge >= 0.3 is 6.01 Å². The van der Waals surface area contributed by atoms with Crippen molar-refractivity contribution in [1.29, 1.82) is 0 Å². The van der Waals surface area contributed by atoms with E-state index in [9.17, 15) is 0 Å². The molecule has 0 saturated heterocycles. The van der Waals surface area contributed by atoms with Crippen molar-refractivity contribution in [2.45, 2.75) is 0 Å². The van der Waals surface area contributed by atoms with Crippen LogP contribution in [0.2, 0.25) is 0 Å². The molecule has 0 atom stereocenters. The predicted molar refractivity (Wildman–Crippen MR) is 160 cm³/mol. The minimum absolute atomic E-state index is 0.578. The molecule has 9 rings (SSSR count). The van der Waals surface area contributed by atoms with E-state index in [2.05, 4.69) is 112 Å². The number of aromatic nitrogens is 3. The first-order chi connectivity index (χ1) is 19.4. The third kappa shape index (κ3) is 2.70. The van der Waals surface area contributed by atoms with E-state index in [1.165, 1.54) is 43.4 Å². The summed E-state index contributed by atoms with van der Waals surface area (Å²) >= 11 is 0. The minimum atomic E-state index is 0.578. The highest BCUT2D eigenvalue weighted by Gasteiger charge is 2.25. The van der Waals surface area contributed by atoms with E-state index in [1.807, 2.05) is 24.3 Å². The maximum absolute atomic E-state index is 6.41. The molecule has 0 fully saturated rings. The lowest BCUT2D eigenvalue weighted by Crippen LogP contribution is -1.96. The summed E-state index contributed by atoms with van der Waals surface area (Å²) in [5.74, 6) is 0. The Labute approximate surface area is 222 Å². The zero-order chi connectivity index (χ0) is 25.5. The van der Waals surface area contributed by atoms with Crippen molar-refractivity contribution in [2.75, 3.05) is 0 Å². The standard InChI is InChI=1S/C35H21N3O/c1-2-12-22(13-3-1)37-28-19-9-6-16-25(28)31-23-14-4-5-15-24(23)33-32(34(31)37)26-17-7-10-20-29(26)38(33)35-36-27-18-8-11-21-30(27)39-35/h1-21H. The van der Waals surface area contributed by atoms with Crippen LogP contribution in [-0.4, -0.2) is 14.1 Å². The van der Waals surface area contributed by atoms with E-state index in [-0.39, 0.29) is 0 Å². The summed E-state index contributed by atoms with van der Waals surface area (Å²) in [6, 6.07) is 45.3. The molecular formula is C35H21N3O. The van der Waals surface area contributed by atoms with E-state index < -0.39 is 0 Å². The van der Waals surface area contributed by atoms with Gasteiger partial charge in [0.2, 0.25) is 0 Å². The van der Waals surface area contributed by atoms with Crippen LogP contribution < -0.4 is 0 Å². The number of nitrogens with zero attached hydrogens (tertiary/aromatic N) is 3. The lowest BCUT2D eigenvalue weighted by atomic mass is 9.99. The molecule has 0 aliphatic heterocycles. The van der Waals surface area contributed by atoms with Crippen LogP contribution in [0, 0.1) is 0 Å². The normalized spacial score (nSPS) is 12.1. The van der Waals surface area contributed by atoms with Gasteiger partial charge in [-0.15, -0.1) is 0 Å². The topological polar surface area (TPSA) is 35.9 Å². The van der Waals surface area contributed by atoms with Crippen molar-refractivity contribution in [3.05, 3.63) is 127 Å². The second-order valence-electron chi connectivity index (χ2n) is 10.00. The van der Waals surface area contributed by atoms with E-state index in [0.29, 0.717) is 6.01 Å². The van der Waals surface area contributed by atoms with Gasteiger partial charge in [0.1, 0.15) is 5.52 Å². The monoisotopic (exact) mass is 499 g/mol. The van der Waals surface area contributed by atoms with E-state index in [4.69, 9.17) is 9.40 Å². The highest BCUT2D eigenvalue weighted by molar-refractivity contribution is 6.36.